The maximum atomic E-state index is 13.1. The molecular weight excluding hydrogens is 430 g/mol. The Labute approximate surface area is 179 Å². The predicted molar refractivity (Wildman–Crippen MR) is 110 cm³/mol. The molecule has 8 nitrogen and oxygen atoms in total. The summed E-state index contributed by atoms with van der Waals surface area (Å²) in [5.41, 5.74) is 0.774. The zero-order valence-corrected chi connectivity index (χ0v) is 17.7. The van der Waals surface area contributed by atoms with Crippen molar-refractivity contribution < 1.29 is 22.4 Å². The number of rotatable bonds is 9. The van der Waals surface area contributed by atoms with Gasteiger partial charge in [0.2, 0.25) is 15.9 Å². The summed E-state index contributed by atoms with van der Waals surface area (Å²) in [5, 5.41) is 2.89. The van der Waals surface area contributed by atoms with E-state index in [-0.39, 0.29) is 23.1 Å². The molecule has 2 heterocycles. The third-order valence-corrected chi connectivity index (χ3v) is 6.24. The fourth-order valence-corrected chi connectivity index (χ4v) is 4.15. The highest BCUT2D eigenvalue weighted by Crippen LogP contribution is 2.20. The molecule has 1 aromatic carbocycles. The molecule has 3 rings (SSSR count). The minimum Gasteiger partial charge on any atom is -0.496 e. The monoisotopic (exact) mass is 449 g/mol. The minimum atomic E-state index is -4.02. The van der Waals surface area contributed by atoms with Crippen LogP contribution in [-0.2, 0) is 27.9 Å². The lowest BCUT2D eigenvalue weighted by Crippen LogP contribution is -2.40. The summed E-state index contributed by atoms with van der Waals surface area (Å²) in [6, 6.07) is 13.2. The van der Waals surface area contributed by atoms with Gasteiger partial charge in [-0.1, -0.05) is 29.8 Å². The Morgan fingerprint density at radius 1 is 1.20 bits per heavy atom. The van der Waals surface area contributed by atoms with Crippen molar-refractivity contribution in [3.63, 3.8) is 0 Å². The summed E-state index contributed by atoms with van der Waals surface area (Å²) in [6.07, 6.45) is 2.59. The van der Waals surface area contributed by atoms with Crippen LogP contribution in [0.25, 0.3) is 0 Å². The van der Waals surface area contributed by atoms with Crippen LogP contribution in [0.4, 0.5) is 0 Å². The van der Waals surface area contributed by atoms with Gasteiger partial charge < -0.3 is 14.5 Å². The number of hydrogen-bond donors (Lipinski definition) is 1. The first kappa shape index (κ1) is 21.8. The number of hydrogen-bond acceptors (Lipinski definition) is 6. The van der Waals surface area contributed by atoms with Gasteiger partial charge >= 0.3 is 0 Å². The van der Waals surface area contributed by atoms with Crippen molar-refractivity contribution in [2.24, 2.45) is 0 Å². The Kier molecular flexibility index (Phi) is 7.09. The van der Waals surface area contributed by atoms with Crippen LogP contribution in [-0.4, -0.2) is 37.3 Å². The molecule has 0 saturated heterocycles. The van der Waals surface area contributed by atoms with E-state index in [0.29, 0.717) is 11.5 Å². The number of pyridine rings is 1. The molecule has 158 valence electrons. The number of amides is 1. The summed E-state index contributed by atoms with van der Waals surface area (Å²) in [7, 11) is -2.48. The van der Waals surface area contributed by atoms with Gasteiger partial charge in [0.25, 0.3) is 0 Å². The number of nitrogens with one attached hydrogen (secondary N) is 1. The van der Waals surface area contributed by atoms with Crippen LogP contribution in [0.15, 0.2) is 70.3 Å². The lowest BCUT2D eigenvalue weighted by molar-refractivity contribution is -0.121. The number of ether oxygens (including phenoxy) is 1. The maximum absolute atomic E-state index is 13.1. The smallest absolute Gasteiger partial charge is 0.245 e. The molecule has 0 bridgehead atoms. The fourth-order valence-electron chi connectivity index (χ4n) is 2.73. The van der Waals surface area contributed by atoms with Gasteiger partial charge in [0.1, 0.15) is 21.6 Å². The minimum absolute atomic E-state index is 0.0732. The molecule has 0 spiro atoms. The first-order chi connectivity index (χ1) is 14.4. The molecule has 3 aromatic rings. The zero-order valence-electron chi connectivity index (χ0n) is 16.1. The normalized spacial score (nSPS) is 11.4. The van der Waals surface area contributed by atoms with Crippen LogP contribution >= 0.6 is 11.6 Å². The standard InChI is InChI=1S/C20H20ClN3O5S/c1-28-18-7-3-2-5-15(18)11-23-20(25)14-24(13-16-6-4-10-29-16)30(26,27)17-8-9-19(21)22-12-17/h2-10,12H,11,13-14H2,1H3,(H,23,25). The van der Waals surface area contributed by atoms with E-state index in [1.165, 1.54) is 18.4 Å². The van der Waals surface area contributed by atoms with Crippen LogP contribution in [0.2, 0.25) is 5.15 Å². The van der Waals surface area contributed by atoms with Gasteiger partial charge in [-0.3, -0.25) is 4.79 Å². The SMILES string of the molecule is COc1ccccc1CNC(=O)CN(Cc1ccco1)S(=O)(=O)c1ccc(Cl)nc1. The lowest BCUT2D eigenvalue weighted by Gasteiger charge is -2.21. The molecule has 2 aromatic heterocycles. The maximum Gasteiger partial charge on any atom is 0.245 e. The van der Waals surface area contributed by atoms with Crippen molar-refractivity contribution in [2.45, 2.75) is 18.0 Å². The van der Waals surface area contributed by atoms with E-state index in [0.717, 1.165) is 16.1 Å². The highest BCUT2D eigenvalue weighted by molar-refractivity contribution is 7.89. The van der Waals surface area contributed by atoms with Crippen LogP contribution in [0.1, 0.15) is 11.3 Å². The number of nitrogens with zero attached hydrogens (tertiary/aromatic N) is 2. The lowest BCUT2D eigenvalue weighted by atomic mass is 10.2. The van der Waals surface area contributed by atoms with Crippen LogP contribution in [0, 0.1) is 0 Å². The number of furan rings is 1. The number of methoxy groups -OCH3 is 1. The van der Waals surface area contributed by atoms with Gasteiger partial charge in [-0.25, -0.2) is 13.4 Å². The molecule has 0 radical (unpaired) electrons. The van der Waals surface area contributed by atoms with Gasteiger partial charge in [-0.2, -0.15) is 4.31 Å². The topological polar surface area (TPSA) is 102 Å². The molecule has 0 saturated carbocycles. The second kappa shape index (κ2) is 9.75. The van der Waals surface area contributed by atoms with E-state index in [2.05, 4.69) is 10.3 Å². The van der Waals surface area contributed by atoms with Crippen molar-refractivity contribution in [2.75, 3.05) is 13.7 Å². The molecule has 0 atom stereocenters. The second-order valence-electron chi connectivity index (χ2n) is 6.26. The van der Waals surface area contributed by atoms with Crippen molar-refractivity contribution in [3.05, 3.63) is 77.5 Å². The van der Waals surface area contributed by atoms with E-state index in [1.807, 2.05) is 18.2 Å². The van der Waals surface area contributed by atoms with Crippen molar-refractivity contribution in [1.82, 2.24) is 14.6 Å². The second-order valence-corrected chi connectivity index (χ2v) is 8.58. The molecular formula is C20H20ClN3O5S. The summed E-state index contributed by atoms with van der Waals surface area (Å²) < 4.78 is 37.7. The Bertz CT molecular complexity index is 1090. The third-order valence-electron chi connectivity index (χ3n) is 4.24. The molecule has 1 N–H and O–H groups in total. The van der Waals surface area contributed by atoms with Crippen LogP contribution in [0.5, 0.6) is 5.75 Å². The van der Waals surface area contributed by atoms with E-state index in [4.69, 9.17) is 20.8 Å². The number of benzene rings is 1. The third kappa shape index (κ3) is 5.38. The largest absolute Gasteiger partial charge is 0.496 e. The number of para-hydroxylation sites is 1. The number of sulfonamides is 1. The van der Waals surface area contributed by atoms with Crippen LogP contribution < -0.4 is 10.1 Å². The van der Waals surface area contributed by atoms with Gasteiger partial charge in [0, 0.05) is 18.3 Å². The summed E-state index contributed by atoms with van der Waals surface area (Å²) in [5.74, 6) is 0.557. The molecule has 0 fully saturated rings. The van der Waals surface area contributed by atoms with Gasteiger partial charge in [-0.05, 0) is 30.3 Å². The molecule has 10 heteroatoms. The average molecular weight is 450 g/mol. The fraction of sp³-hybridized carbons (Fsp3) is 0.200. The summed E-state index contributed by atoms with van der Waals surface area (Å²) >= 11 is 5.76. The highest BCUT2D eigenvalue weighted by Gasteiger charge is 2.28. The van der Waals surface area contributed by atoms with E-state index < -0.39 is 22.5 Å². The van der Waals surface area contributed by atoms with Crippen molar-refractivity contribution in [3.8, 4) is 5.75 Å². The number of aromatic nitrogens is 1. The summed E-state index contributed by atoms with van der Waals surface area (Å²) in [4.78, 5) is 16.3. The predicted octanol–water partition coefficient (Wildman–Crippen LogP) is 2.84. The van der Waals surface area contributed by atoms with E-state index in [1.54, 1.807) is 25.3 Å². The Balaban J connectivity index is 1.77. The molecule has 0 aliphatic carbocycles. The van der Waals surface area contributed by atoms with Gasteiger partial charge in [0.05, 0.1) is 26.5 Å². The number of halogens is 1. The average Bonchev–Trinajstić information content (AvgIpc) is 3.25. The Morgan fingerprint density at radius 2 is 2.00 bits per heavy atom. The van der Waals surface area contributed by atoms with E-state index in [9.17, 15) is 13.2 Å². The molecule has 0 aliphatic heterocycles. The molecule has 0 unspecified atom stereocenters. The number of carbonyl (C=O) groups is 1. The Morgan fingerprint density at radius 3 is 2.67 bits per heavy atom. The quantitative estimate of drug-likeness (QED) is 0.504. The Hall–Kier alpha value is -2.88. The van der Waals surface area contributed by atoms with E-state index >= 15 is 0 Å². The first-order valence-corrected chi connectivity index (χ1v) is 10.7. The number of carbonyl (C=O) groups excluding carboxylic acids is 1. The van der Waals surface area contributed by atoms with Gasteiger partial charge in [0.15, 0.2) is 0 Å². The van der Waals surface area contributed by atoms with Crippen molar-refractivity contribution in [1.29, 1.82) is 0 Å². The highest BCUT2D eigenvalue weighted by atomic mass is 35.5. The summed E-state index contributed by atoms with van der Waals surface area (Å²) in [6.45, 7) is -0.319. The molecule has 30 heavy (non-hydrogen) atoms. The first-order valence-electron chi connectivity index (χ1n) is 8.93. The van der Waals surface area contributed by atoms with Crippen LogP contribution in [0.3, 0.4) is 0 Å². The van der Waals surface area contributed by atoms with Crippen molar-refractivity contribution >= 4 is 27.5 Å². The zero-order chi connectivity index (χ0) is 21.6. The molecule has 1 amide bonds. The molecule has 0 aliphatic rings. The van der Waals surface area contributed by atoms with Gasteiger partial charge in [-0.15, -0.1) is 0 Å².